The van der Waals surface area contributed by atoms with E-state index in [0.29, 0.717) is 0 Å². The zero-order valence-corrected chi connectivity index (χ0v) is 10.6. The van der Waals surface area contributed by atoms with E-state index < -0.39 is 0 Å². The van der Waals surface area contributed by atoms with Gasteiger partial charge in [0.2, 0.25) is 4.21 Å². The van der Waals surface area contributed by atoms with Crippen LogP contribution in [0.2, 0.25) is 0 Å². The molecule has 0 amide bonds. The van der Waals surface area contributed by atoms with Gasteiger partial charge >= 0.3 is 0 Å². The number of hydrogen-bond donors (Lipinski definition) is 0. The summed E-state index contributed by atoms with van der Waals surface area (Å²) in [6.45, 7) is 0. The van der Waals surface area contributed by atoms with Crippen LogP contribution in [0.3, 0.4) is 0 Å². The average molecular weight is 257 g/mol. The highest BCUT2D eigenvalue weighted by Gasteiger charge is 1.98. The van der Waals surface area contributed by atoms with Gasteiger partial charge in [-0.15, -0.1) is 11.3 Å². The Balaban J connectivity index is 1.79. The van der Waals surface area contributed by atoms with Gasteiger partial charge in [0, 0.05) is 11.5 Å². The van der Waals surface area contributed by atoms with Crippen LogP contribution < -0.4 is 0 Å². The fraction of sp³-hybridized carbons (Fsp3) is 0. The first-order chi connectivity index (χ1) is 6.95. The van der Waals surface area contributed by atoms with Crippen molar-refractivity contribution in [1.29, 1.82) is 0 Å². The van der Waals surface area contributed by atoms with E-state index in [1.165, 1.54) is 20.2 Å². The summed E-state index contributed by atoms with van der Waals surface area (Å²) in [6.07, 6.45) is 0. The first-order valence-electron chi connectivity index (χ1n) is 4.05. The predicted molar refractivity (Wildman–Crippen MR) is 70.7 cm³/mol. The van der Waals surface area contributed by atoms with E-state index in [4.69, 9.17) is 0 Å². The van der Waals surface area contributed by atoms with Gasteiger partial charge in [0.15, 0.2) is 0 Å². The third-order valence-corrected chi connectivity index (χ3v) is 5.53. The molecule has 0 saturated carbocycles. The molecule has 72 valence electrons. The Bertz CT molecular complexity index is 334. The highest BCUT2D eigenvalue weighted by Crippen LogP contribution is 2.24. The minimum atomic E-state index is 1.29. The molecule has 0 saturated heterocycles. The average Bonchev–Trinajstić information content (AvgIpc) is 2.86. The molecule has 0 spiro atoms. The molecule has 0 aromatic carbocycles. The molecular weight excluding hydrogens is 248 g/mol. The van der Waals surface area contributed by atoms with Crippen LogP contribution in [0.4, 0.5) is 0 Å². The summed E-state index contributed by atoms with van der Waals surface area (Å²) in [5.41, 5.74) is 0. The molecule has 0 aliphatic carbocycles. The highest BCUT2D eigenvalue weighted by atomic mass is 32.2. The van der Waals surface area contributed by atoms with Crippen molar-refractivity contribution in [3.8, 4) is 0 Å². The molecule has 2 rings (SSSR count). The van der Waals surface area contributed by atoms with Gasteiger partial charge in [0.1, 0.15) is 5.41 Å². The summed E-state index contributed by atoms with van der Waals surface area (Å²) in [4.78, 5) is 0. The predicted octanol–water partition coefficient (Wildman–Crippen LogP) is 4.25. The summed E-state index contributed by atoms with van der Waals surface area (Å²) in [7, 11) is 0. The summed E-state index contributed by atoms with van der Waals surface area (Å²) < 4.78 is 2.75. The first-order valence-corrected chi connectivity index (χ1v) is 7.65. The van der Waals surface area contributed by atoms with E-state index in [0.717, 1.165) is 0 Å². The Morgan fingerprint density at radius 1 is 1.14 bits per heavy atom. The number of thiophene rings is 2. The van der Waals surface area contributed by atoms with Crippen molar-refractivity contribution in [2.24, 2.45) is 0 Å². The Kier molecular flexibility index (Phi) is 4.19. The molecule has 4 heteroatoms. The third-order valence-electron chi connectivity index (χ3n) is 1.45. The minimum absolute atomic E-state index is 1.29. The van der Waals surface area contributed by atoms with Crippen LogP contribution in [0.5, 0.6) is 0 Å². The lowest BCUT2D eigenvalue weighted by Gasteiger charge is -1.83. The number of hydrogen-bond acceptors (Lipinski definition) is 3. The van der Waals surface area contributed by atoms with Crippen molar-refractivity contribution in [3.63, 3.8) is 0 Å². The minimum Gasteiger partial charge on any atom is -0.137 e. The zero-order chi connectivity index (χ0) is 9.64. The molecule has 2 heterocycles. The number of rotatable bonds is 4. The molecule has 2 aromatic heterocycles. The monoisotopic (exact) mass is 257 g/mol. The topological polar surface area (TPSA) is 0 Å². The van der Waals surface area contributed by atoms with E-state index >= 15 is 0 Å². The Morgan fingerprint density at radius 2 is 2.00 bits per heavy atom. The number of thioether (sulfide) groups is 1. The van der Waals surface area contributed by atoms with Crippen LogP contribution in [-0.4, -0.2) is 0 Å². The van der Waals surface area contributed by atoms with E-state index in [2.05, 4.69) is 45.8 Å². The standard InChI is InChI=1S/C10H8S4/c1-3-9(11-5-1)13-7-8-14-10-4-2-6-12-10/h1-8H/p+1/b8-7-. The van der Waals surface area contributed by atoms with E-state index in [1.54, 1.807) is 34.4 Å². The molecule has 0 fully saturated rings. The van der Waals surface area contributed by atoms with Crippen molar-refractivity contribution >= 4 is 46.2 Å². The molecule has 0 aliphatic rings. The Morgan fingerprint density at radius 3 is 2.71 bits per heavy atom. The van der Waals surface area contributed by atoms with Gasteiger partial charge in [-0.05, 0) is 22.9 Å². The lowest BCUT2D eigenvalue weighted by molar-refractivity contribution is 1.74. The fourth-order valence-electron chi connectivity index (χ4n) is 0.875. The summed E-state index contributed by atoms with van der Waals surface area (Å²) >= 11 is 6.66. The van der Waals surface area contributed by atoms with Gasteiger partial charge < -0.3 is 0 Å². The highest BCUT2D eigenvalue weighted by molar-refractivity contribution is 8.04. The molecule has 2 aromatic rings. The molecule has 0 N–H and O–H groups in total. The molecule has 0 nitrogen and oxygen atoms in total. The molecule has 14 heavy (non-hydrogen) atoms. The maximum absolute atomic E-state index is 2.19. The van der Waals surface area contributed by atoms with Crippen molar-refractivity contribution in [1.82, 2.24) is 0 Å². The van der Waals surface area contributed by atoms with E-state index in [-0.39, 0.29) is 0 Å². The fourth-order valence-corrected chi connectivity index (χ4v) is 4.04. The zero-order valence-electron chi connectivity index (χ0n) is 7.29. The van der Waals surface area contributed by atoms with Crippen molar-refractivity contribution in [2.75, 3.05) is 0 Å². The quantitative estimate of drug-likeness (QED) is 0.448. The van der Waals surface area contributed by atoms with Gasteiger partial charge in [-0.1, -0.05) is 29.2 Å². The maximum Gasteiger partial charge on any atom is 0.211 e. The van der Waals surface area contributed by atoms with Crippen LogP contribution >= 0.6 is 34.4 Å². The first kappa shape index (κ1) is 10.4. The molecule has 0 bridgehead atoms. The normalized spacial score (nSPS) is 11.1. The number of thiol groups is 1. The van der Waals surface area contributed by atoms with Crippen LogP contribution in [0.1, 0.15) is 0 Å². The lowest BCUT2D eigenvalue weighted by atomic mass is 10.7. The van der Waals surface area contributed by atoms with Gasteiger partial charge in [-0.25, -0.2) is 0 Å². The Labute approximate surface area is 100 Å². The van der Waals surface area contributed by atoms with Gasteiger partial charge in [0.05, 0.1) is 16.0 Å². The van der Waals surface area contributed by atoms with Crippen molar-refractivity contribution < 1.29 is 0 Å². The molecule has 0 atom stereocenters. The van der Waals surface area contributed by atoms with Gasteiger partial charge in [0.25, 0.3) is 0 Å². The van der Waals surface area contributed by atoms with Crippen LogP contribution in [-0.2, 0) is 11.8 Å². The van der Waals surface area contributed by atoms with Crippen LogP contribution in [0, 0.1) is 0 Å². The largest absolute Gasteiger partial charge is 0.211 e. The second kappa shape index (κ2) is 5.66. The van der Waals surface area contributed by atoms with E-state index in [9.17, 15) is 0 Å². The maximum atomic E-state index is 2.19. The Hall–Kier alpha value is -0.160. The molecule has 0 aliphatic heterocycles. The molecule has 0 unspecified atom stereocenters. The summed E-state index contributed by atoms with van der Waals surface area (Å²) in [6, 6.07) is 8.47. The second-order valence-corrected chi connectivity index (χ2v) is 6.86. The molecule has 0 radical (unpaired) electrons. The second-order valence-electron chi connectivity index (χ2n) is 2.42. The smallest absolute Gasteiger partial charge is 0.137 e. The third kappa shape index (κ3) is 3.20. The van der Waals surface area contributed by atoms with Crippen molar-refractivity contribution in [2.45, 2.75) is 8.42 Å². The lowest BCUT2D eigenvalue weighted by Crippen LogP contribution is -1.66. The van der Waals surface area contributed by atoms with Crippen LogP contribution in [0.15, 0.2) is 54.3 Å². The van der Waals surface area contributed by atoms with Gasteiger partial charge in [-0.2, -0.15) is 0 Å². The van der Waals surface area contributed by atoms with E-state index in [1.807, 2.05) is 0 Å². The van der Waals surface area contributed by atoms with Crippen molar-refractivity contribution in [3.05, 3.63) is 45.8 Å². The summed E-state index contributed by atoms with van der Waals surface area (Å²) in [5.74, 6) is 0. The van der Waals surface area contributed by atoms with Gasteiger partial charge in [-0.3, -0.25) is 0 Å². The van der Waals surface area contributed by atoms with Crippen LogP contribution in [0.25, 0.3) is 0 Å². The SMILES string of the molecule is C(=C/[SH+]c1cccs1)/Sc1cccs1. The molecular formula is C10H9S4+. The summed E-state index contributed by atoms with van der Waals surface area (Å²) in [5, 5.41) is 8.57.